The third-order valence-electron chi connectivity index (χ3n) is 4.58. The topological polar surface area (TPSA) is 55.4 Å². The standard InChI is InChI=1S/C21H16Cl5NO3/c1-2-5-30-10-17(28)15-9-14(3-4-16(15)24)27-20(29)19-18(21(19,25)26)11-6-12(22)8-13(23)7-11/h2-4,6-9,18-19H,1,5,10H2,(H,27,29). The number of hydrogen-bond acceptors (Lipinski definition) is 3. The van der Waals surface area contributed by atoms with E-state index in [2.05, 4.69) is 11.9 Å². The minimum absolute atomic E-state index is 0.157. The molecule has 1 saturated carbocycles. The van der Waals surface area contributed by atoms with Crippen molar-refractivity contribution in [2.24, 2.45) is 5.92 Å². The number of carbonyl (C=O) groups is 2. The van der Waals surface area contributed by atoms with Crippen molar-refractivity contribution < 1.29 is 14.3 Å². The molecule has 2 unspecified atom stereocenters. The molecule has 1 aliphatic carbocycles. The second-order valence-corrected chi connectivity index (χ2v) is 9.47. The number of carbonyl (C=O) groups excluding carboxylic acids is 2. The van der Waals surface area contributed by atoms with Crippen LogP contribution in [0.2, 0.25) is 15.1 Å². The average Bonchev–Trinajstić information content (AvgIpc) is 3.25. The minimum atomic E-state index is -1.30. The van der Waals surface area contributed by atoms with Gasteiger partial charge in [-0.2, -0.15) is 0 Å². The van der Waals surface area contributed by atoms with E-state index in [1.807, 2.05) is 0 Å². The van der Waals surface area contributed by atoms with E-state index in [1.165, 1.54) is 18.2 Å². The van der Waals surface area contributed by atoms with E-state index in [0.29, 0.717) is 21.3 Å². The fraction of sp³-hybridized carbons (Fsp3) is 0.238. The van der Waals surface area contributed by atoms with Gasteiger partial charge in [0.2, 0.25) is 5.91 Å². The van der Waals surface area contributed by atoms with Crippen LogP contribution in [0.5, 0.6) is 0 Å². The van der Waals surface area contributed by atoms with E-state index in [9.17, 15) is 9.59 Å². The highest BCUT2D eigenvalue weighted by Crippen LogP contribution is 2.65. The number of ketones is 1. The molecule has 0 bridgehead atoms. The predicted molar refractivity (Wildman–Crippen MR) is 123 cm³/mol. The lowest BCUT2D eigenvalue weighted by Gasteiger charge is -2.09. The quantitative estimate of drug-likeness (QED) is 0.191. The van der Waals surface area contributed by atoms with Gasteiger partial charge < -0.3 is 10.1 Å². The van der Waals surface area contributed by atoms with E-state index in [-0.39, 0.29) is 29.6 Å². The van der Waals surface area contributed by atoms with Gasteiger partial charge in [0.25, 0.3) is 0 Å². The maximum atomic E-state index is 12.8. The summed E-state index contributed by atoms with van der Waals surface area (Å²) in [6, 6.07) is 9.52. The lowest BCUT2D eigenvalue weighted by atomic mass is 10.1. The Morgan fingerprint density at radius 1 is 1.10 bits per heavy atom. The van der Waals surface area contributed by atoms with Gasteiger partial charge in [0.15, 0.2) is 5.78 Å². The number of anilines is 1. The van der Waals surface area contributed by atoms with Gasteiger partial charge in [-0.05, 0) is 42.0 Å². The fourth-order valence-corrected chi connectivity index (χ4v) is 4.77. The second-order valence-electron chi connectivity index (χ2n) is 6.74. The molecule has 0 radical (unpaired) electrons. The van der Waals surface area contributed by atoms with E-state index in [4.69, 9.17) is 62.7 Å². The molecular formula is C21H16Cl5NO3. The van der Waals surface area contributed by atoms with Gasteiger partial charge in [-0.15, -0.1) is 29.8 Å². The summed E-state index contributed by atoms with van der Waals surface area (Å²) in [5.74, 6) is -1.91. The van der Waals surface area contributed by atoms with E-state index in [1.54, 1.807) is 24.3 Å². The Balaban J connectivity index is 1.75. The van der Waals surface area contributed by atoms with Gasteiger partial charge >= 0.3 is 0 Å². The van der Waals surface area contributed by atoms with Gasteiger partial charge in [-0.25, -0.2) is 0 Å². The molecule has 2 aromatic carbocycles. The lowest BCUT2D eigenvalue weighted by Crippen LogP contribution is -2.18. The van der Waals surface area contributed by atoms with Crippen LogP contribution >= 0.6 is 58.0 Å². The first-order valence-corrected chi connectivity index (χ1v) is 10.7. The SMILES string of the molecule is C=CCOCC(=O)c1cc(NC(=O)C2C(c3cc(Cl)cc(Cl)c3)C2(Cl)Cl)ccc1Cl. The monoisotopic (exact) mass is 505 g/mol. The summed E-state index contributed by atoms with van der Waals surface area (Å²) < 4.78 is 3.86. The van der Waals surface area contributed by atoms with Crippen molar-refractivity contribution in [2.75, 3.05) is 18.5 Å². The van der Waals surface area contributed by atoms with Gasteiger partial charge in [0.1, 0.15) is 10.9 Å². The molecule has 9 heteroatoms. The number of ether oxygens (including phenoxy) is 1. The Morgan fingerprint density at radius 3 is 2.40 bits per heavy atom. The maximum Gasteiger partial charge on any atom is 0.231 e. The highest BCUT2D eigenvalue weighted by molar-refractivity contribution is 6.53. The van der Waals surface area contributed by atoms with Crippen LogP contribution in [0.4, 0.5) is 5.69 Å². The van der Waals surface area contributed by atoms with Crippen LogP contribution in [0.15, 0.2) is 49.1 Å². The molecule has 158 valence electrons. The summed E-state index contributed by atoms with van der Waals surface area (Å²) >= 11 is 31.0. The third kappa shape index (κ3) is 5.13. The molecule has 30 heavy (non-hydrogen) atoms. The van der Waals surface area contributed by atoms with Crippen molar-refractivity contribution in [1.29, 1.82) is 0 Å². The number of benzene rings is 2. The molecule has 0 heterocycles. The molecule has 0 spiro atoms. The number of rotatable bonds is 8. The summed E-state index contributed by atoms with van der Waals surface area (Å²) in [6.07, 6.45) is 1.54. The van der Waals surface area contributed by atoms with Crippen LogP contribution in [0.1, 0.15) is 21.8 Å². The molecule has 1 fully saturated rings. The molecule has 0 aliphatic heterocycles. The summed E-state index contributed by atoms with van der Waals surface area (Å²) in [5.41, 5.74) is 1.29. The van der Waals surface area contributed by atoms with E-state index >= 15 is 0 Å². The van der Waals surface area contributed by atoms with Crippen LogP contribution in [-0.4, -0.2) is 29.2 Å². The summed E-state index contributed by atoms with van der Waals surface area (Å²) in [7, 11) is 0. The normalized spacial score (nSPS) is 19.2. The van der Waals surface area contributed by atoms with Crippen molar-refractivity contribution in [3.8, 4) is 0 Å². The number of Topliss-reactive ketones (excluding diaryl/α,β-unsaturated/α-hetero) is 1. The fourth-order valence-electron chi connectivity index (χ4n) is 3.17. The molecule has 1 N–H and O–H groups in total. The average molecular weight is 508 g/mol. The van der Waals surface area contributed by atoms with Crippen molar-refractivity contribution in [2.45, 2.75) is 10.3 Å². The highest BCUT2D eigenvalue weighted by atomic mass is 35.5. The summed E-state index contributed by atoms with van der Waals surface area (Å²) in [5, 5.41) is 3.84. The zero-order chi connectivity index (χ0) is 22.1. The highest BCUT2D eigenvalue weighted by Gasteiger charge is 2.67. The van der Waals surface area contributed by atoms with Gasteiger partial charge in [0.05, 0.1) is 17.5 Å². The molecular weight excluding hydrogens is 492 g/mol. The lowest BCUT2D eigenvalue weighted by molar-refractivity contribution is -0.117. The van der Waals surface area contributed by atoms with Crippen molar-refractivity contribution in [3.63, 3.8) is 0 Å². The van der Waals surface area contributed by atoms with Crippen molar-refractivity contribution in [3.05, 3.63) is 75.2 Å². The molecule has 4 nitrogen and oxygen atoms in total. The number of alkyl halides is 2. The molecule has 2 atom stereocenters. The Hall–Kier alpha value is -1.27. The van der Waals surface area contributed by atoms with Crippen LogP contribution in [0.3, 0.4) is 0 Å². The molecule has 1 amide bonds. The first kappa shape index (κ1) is 23.4. The summed E-state index contributed by atoms with van der Waals surface area (Å²) in [4.78, 5) is 25.1. The number of halogens is 5. The zero-order valence-corrected chi connectivity index (χ0v) is 19.2. The smallest absolute Gasteiger partial charge is 0.231 e. The third-order valence-corrected chi connectivity index (χ3v) is 6.29. The Morgan fingerprint density at radius 2 is 1.77 bits per heavy atom. The minimum Gasteiger partial charge on any atom is -0.369 e. The molecule has 1 aliphatic rings. The van der Waals surface area contributed by atoms with E-state index in [0.717, 1.165) is 0 Å². The second kappa shape index (κ2) is 9.47. The Kier molecular flexibility index (Phi) is 7.39. The maximum absolute atomic E-state index is 12.8. The van der Waals surface area contributed by atoms with Crippen molar-refractivity contribution in [1.82, 2.24) is 0 Å². The van der Waals surface area contributed by atoms with Gasteiger partial charge in [-0.1, -0.05) is 40.9 Å². The molecule has 0 aromatic heterocycles. The zero-order valence-electron chi connectivity index (χ0n) is 15.4. The van der Waals surface area contributed by atoms with Gasteiger partial charge in [0, 0.05) is 27.2 Å². The van der Waals surface area contributed by atoms with Crippen molar-refractivity contribution >= 4 is 75.4 Å². The largest absolute Gasteiger partial charge is 0.369 e. The number of nitrogens with one attached hydrogen (secondary N) is 1. The molecule has 3 rings (SSSR count). The van der Waals surface area contributed by atoms with Crippen LogP contribution < -0.4 is 5.32 Å². The van der Waals surface area contributed by atoms with Gasteiger partial charge in [-0.3, -0.25) is 9.59 Å². The van der Waals surface area contributed by atoms with Crippen LogP contribution in [0.25, 0.3) is 0 Å². The number of amides is 1. The van der Waals surface area contributed by atoms with Crippen LogP contribution in [0, 0.1) is 5.92 Å². The molecule has 2 aromatic rings. The van der Waals surface area contributed by atoms with Crippen LogP contribution in [-0.2, 0) is 9.53 Å². The first-order valence-electron chi connectivity index (χ1n) is 8.81. The summed E-state index contributed by atoms with van der Waals surface area (Å²) in [6.45, 7) is 3.60. The first-order chi connectivity index (χ1) is 14.1. The Bertz CT molecular complexity index is 988. The Labute approximate surface area is 199 Å². The molecule has 0 saturated heterocycles. The number of hydrogen-bond donors (Lipinski definition) is 1. The predicted octanol–water partition coefficient (Wildman–Crippen LogP) is 6.56. The van der Waals surface area contributed by atoms with E-state index < -0.39 is 22.1 Å².